The van der Waals surface area contributed by atoms with E-state index >= 15 is 0 Å². The van der Waals surface area contributed by atoms with Crippen LogP contribution in [0.4, 0.5) is 5.69 Å². The van der Waals surface area contributed by atoms with Crippen LogP contribution < -0.4 is 10.2 Å². The van der Waals surface area contributed by atoms with Crippen molar-refractivity contribution in [2.24, 2.45) is 0 Å². The van der Waals surface area contributed by atoms with Crippen LogP contribution in [0.25, 0.3) is 11.3 Å². The van der Waals surface area contributed by atoms with Crippen LogP contribution in [-0.2, 0) is 17.8 Å². The predicted octanol–water partition coefficient (Wildman–Crippen LogP) is 4.00. The standard InChI is InChI=1S/C22H25N3O/c1-25(2)20-12-8-17(9-13-20)16-23-22(26)15-11-19-10-14-21(24-19)18-6-4-3-5-7-18/h3-10,12-14,24H,11,15-16H2,1-2H3,(H,23,26). The van der Waals surface area contributed by atoms with Gasteiger partial charge in [0.05, 0.1) is 0 Å². The number of anilines is 1. The molecule has 0 spiro atoms. The highest BCUT2D eigenvalue weighted by Gasteiger charge is 2.06. The summed E-state index contributed by atoms with van der Waals surface area (Å²) in [4.78, 5) is 17.6. The van der Waals surface area contributed by atoms with Crippen LogP contribution >= 0.6 is 0 Å². The molecule has 3 rings (SSSR count). The molecule has 0 saturated heterocycles. The summed E-state index contributed by atoms with van der Waals surface area (Å²) in [5, 5.41) is 2.99. The number of H-pyrrole nitrogens is 1. The maximum atomic E-state index is 12.1. The molecular weight excluding hydrogens is 322 g/mol. The van der Waals surface area contributed by atoms with E-state index in [1.54, 1.807) is 0 Å². The number of carbonyl (C=O) groups excluding carboxylic acids is 1. The summed E-state index contributed by atoms with van der Waals surface area (Å²) < 4.78 is 0. The Labute approximate surface area is 154 Å². The van der Waals surface area contributed by atoms with E-state index in [2.05, 4.69) is 51.6 Å². The molecule has 1 aromatic heterocycles. The zero-order valence-electron chi connectivity index (χ0n) is 15.3. The molecule has 0 aliphatic heterocycles. The van der Waals surface area contributed by atoms with Crippen molar-refractivity contribution in [3.05, 3.63) is 78.0 Å². The number of nitrogens with one attached hydrogen (secondary N) is 2. The summed E-state index contributed by atoms with van der Waals surface area (Å²) in [6.45, 7) is 0.562. The van der Waals surface area contributed by atoms with Crippen molar-refractivity contribution in [2.45, 2.75) is 19.4 Å². The molecule has 0 fully saturated rings. The van der Waals surface area contributed by atoms with Crippen molar-refractivity contribution in [3.63, 3.8) is 0 Å². The number of rotatable bonds is 7. The molecule has 0 unspecified atom stereocenters. The van der Waals surface area contributed by atoms with Gasteiger partial charge in [-0.1, -0.05) is 42.5 Å². The lowest BCUT2D eigenvalue weighted by Crippen LogP contribution is -2.23. The molecule has 4 heteroatoms. The SMILES string of the molecule is CN(C)c1ccc(CNC(=O)CCc2ccc(-c3ccccc3)[nH]2)cc1. The molecule has 26 heavy (non-hydrogen) atoms. The van der Waals surface area contributed by atoms with Crippen molar-refractivity contribution < 1.29 is 4.79 Å². The first kappa shape index (κ1) is 17.8. The highest BCUT2D eigenvalue weighted by Crippen LogP contribution is 2.18. The van der Waals surface area contributed by atoms with Gasteiger partial charge in [0.1, 0.15) is 0 Å². The number of aromatic nitrogens is 1. The largest absolute Gasteiger partial charge is 0.378 e. The van der Waals surface area contributed by atoms with Crippen LogP contribution in [0.1, 0.15) is 17.7 Å². The smallest absolute Gasteiger partial charge is 0.220 e. The van der Waals surface area contributed by atoms with Crippen LogP contribution in [0.15, 0.2) is 66.7 Å². The van der Waals surface area contributed by atoms with Crippen molar-refractivity contribution in [1.82, 2.24) is 10.3 Å². The molecule has 1 heterocycles. The van der Waals surface area contributed by atoms with Gasteiger partial charge in [-0.25, -0.2) is 0 Å². The van der Waals surface area contributed by atoms with E-state index < -0.39 is 0 Å². The summed E-state index contributed by atoms with van der Waals surface area (Å²) in [7, 11) is 4.03. The van der Waals surface area contributed by atoms with E-state index in [9.17, 15) is 4.79 Å². The topological polar surface area (TPSA) is 48.1 Å². The Morgan fingerprint density at radius 2 is 1.69 bits per heavy atom. The average molecular weight is 347 g/mol. The number of carbonyl (C=O) groups is 1. The number of hydrogen-bond acceptors (Lipinski definition) is 2. The fourth-order valence-corrected chi connectivity index (χ4v) is 2.82. The summed E-state index contributed by atoms with van der Waals surface area (Å²) in [5.74, 6) is 0.0672. The van der Waals surface area contributed by atoms with Crippen LogP contribution in [0.2, 0.25) is 0 Å². The van der Waals surface area contributed by atoms with Crippen molar-refractivity contribution >= 4 is 11.6 Å². The van der Waals surface area contributed by atoms with E-state index in [1.165, 1.54) is 0 Å². The average Bonchev–Trinajstić information content (AvgIpc) is 3.15. The molecule has 1 amide bonds. The molecule has 0 aliphatic carbocycles. The Bertz CT molecular complexity index is 835. The van der Waals surface area contributed by atoms with E-state index in [-0.39, 0.29) is 5.91 Å². The minimum absolute atomic E-state index is 0.0672. The molecule has 2 aromatic carbocycles. The Balaban J connectivity index is 1.46. The Morgan fingerprint density at radius 1 is 0.962 bits per heavy atom. The van der Waals surface area contributed by atoms with Crippen molar-refractivity contribution in [1.29, 1.82) is 0 Å². The molecule has 0 radical (unpaired) electrons. The highest BCUT2D eigenvalue weighted by molar-refractivity contribution is 5.76. The minimum atomic E-state index is 0.0672. The summed E-state index contributed by atoms with van der Waals surface area (Å²) >= 11 is 0. The molecule has 0 saturated carbocycles. The monoisotopic (exact) mass is 347 g/mol. The van der Waals surface area contributed by atoms with Gasteiger partial charge in [-0.3, -0.25) is 4.79 Å². The minimum Gasteiger partial charge on any atom is -0.378 e. The van der Waals surface area contributed by atoms with Crippen LogP contribution in [0, 0.1) is 0 Å². The quantitative estimate of drug-likeness (QED) is 0.679. The maximum absolute atomic E-state index is 12.1. The fraction of sp³-hybridized carbons (Fsp3) is 0.227. The van der Waals surface area contributed by atoms with Gasteiger partial charge in [0.15, 0.2) is 0 Å². The number of benzene rings is 2. The first-order chi connectivity index (χ1) is 12.6. The lowest BCUT2D eigenvalue weighted by atomic mass is 10.2. The zero-order valence-corrected chi connectivity index (χ0v) is 15.3. The van der Waals surface area contributed by atoms with Gasteiger partial charge in [-0.05, 0) is 41.8 Å². The number of aromatic amines is 1. The molecule has 0 bridgehead atoms. The molecule has 0 atom stereocenters. The molecule has 134 valence electrons. The van der Waals surface area contributed by atoms with Gasteiger partial charge < -0.3 is 15.2 Å². The number of amides is 1. The van der Waals surface area contributed by atoms with Gasteiger partial charge in [0.2, 0.25) is 5.91 Å². The molecule has 4 nitrogen and oxygen atoms in total. The third kappa shape index (κ3) is 4.76. The first-order valence-corrected chi connectivity index (χ1v) is 8.88. The van der Waals surface area contributed by atoms with Crippen LogP contribution in [0.5, 0.6) is 0 Å². The zero-order chi connectivity index (χ0) is 18.4. The second kappa shape index (κ2) is 8.39. The first-order valence-electron chi connectivity index (χ1n) is 8.88. The highest BCUT2D eigenvalue weighted by atomic mass is 16.1. The van der Waals surface area contributed by atoms with Crippen molar-refractivity contribution in [2.75, 3.05) is 19.0 Å². The molecule has 2 N–H and O–H groups in total. The summed E-state index contributed by atoms with van der Waals surface area (Å²) in [5.41, 5.74) is 5.58. The number of nitrogens with zero attached hydrogens (tertiary/aromatic N) is 1. The molecule has 3 aromatic rings. The second-order valence-electron chi connectivity index (χ2n) is 6.60. The van der Waals surface area contributed by atoms with Gasteiger partial charge in [0, 0.05) is 44.1 Å². The Hall–Kier alpha value is -3.01. The Kier molecular flexibility index (Phi) is 5.74. The van der Waals surface area contributed by atoms with Gasteiger partial charge in [-0.2, -0.15) is 0 Å². The van der Waals surface area contributed by atoms with Crippen LogP contribution in [-0.4, -0.2) is 25.0 Å². The molecule has 0 aliphatic rings. The maximum Gasteiger partial charge on any atom is 0.220 e. The van der Waals surface area contributed by atoms with E-state index in [0.717, 1.165) is 28.2 Å². The number of aryl methyl sites for hydroxylation is 1. The second-order valence-corrected chi connectivity index (χ2v) is 6.60. The lowest BCUT2D eigenvalue weighted by molar-refractivity contribution is -0.121. The normalized spacial score (nSPS) is 10.5. The van der Waals surface area contributed by atoms with Crippen LogP contribution in [0.3, 0.4) is 0 Å². The van der Waals surface area contributed by atoms with Gasteiger partial charge in [0.25, 0.3) is 0 Å². The Morgan fingerprint density at radius 3 is 2.38 bits per heavy atom. The third-order valence-corrected chi connectivity index (χ3v) is 4.40. The fourth-order valence-electron chi connectivity index (χ4n) is 2.82. The summed E-state index contributed by atoms with van der Waals surface area (Å²) in [6, 6.07) is 22.5. The summed E-state index contributed by atoms with van der Waals surface area (Å²) in [6.07, 6.45) is 1.18. The third-order valence-electron chi connectivity index (χ3n) is 4.40. The lowest BCUT2D eigenvalue weighted by Gasteiger charge is -2.12. The van der Waals surface area contributed by atoms with E-state index in [0.29, 0.717) is 19.4 Å². The number of hydrogen-bond donors (Lipinski definition) is 2. The van der Waals surface area contributed by atoms with Gasteiger partial charge in [-0.15, -0.1) is 0 Å². The van der Waals surface area contributed by atoms with Crippen molar-refractivity contribution in [3.8, 4) is 11.3 Å². The molecular formula is C22H25N3O. The van der Waals surface area contributed by atoms with E-state index in [4.69, 9.17) is 0 Å². The van der Waals surface area contributed by atoms with Gasteiger partial charge >= 0.3 is 0 Å². The van der Waals surface area contributed by atoms with E-state index in [1.807, 2.05) is 44.4 Å². The predicted molar refractivity (Wildman–Crippen MR) is 107 cm³/mol.